The molecule has 0 spiro atoms. The highest BCUT2D eigenvalue weighted by molar-refractivity contribution is 5.20. The van der Waals surface area contributed by atoms with Crippen LogP contribution in [-0.4, -0.2) is 30.1 Å². The molecule has 2 nitrogen and oxygen atoms in total. The fraction of sp³-hybridized carbons (Fsp3) is 0.600. The first-order chi connectivity index (χ1) is 9.25. The molecule has 0 radical (unpaired) electrons. The number of rotatable bonds is 3. The van der Waals surface area contributed by atoms with Crippen molar-refractivity contribution < 1.29 is 8.78 Å². The normalized spacial score (nSPS) is 28.1. The lowest BCUT2D eigenvalue weighted by molar-refractivity contribution is 0.201. The van der Waals surface area contributed by atoms with Crippen LogP contribution in [0.1, 0.15) is 31.2 Å². The average molecular weight is 266 g/mol. The van der Waals surface area contributed by atoms with Crippen LogP contribution in [0.4, 0.5) is 8.78 Å². The summed E-state index contributed by atoms with van der Waals surface area (Å²) in [6, 6.07) is 5.04. The van der Waals surface area contributed by atoms with E-state index in [2.05, 4.69) is 10.2 Å². The van der Waals surface area contributed by atoms with Gasteiger partial charge in [-0.3, -0.25) is 4.90 Å². The Balaban J connectivity index is 1.74. The van der Waals surface area contributed by atoms with Gasteiger partial charge in [-0.15, -0.1) is 0 Å². The minimum Gasteiger partial charge on any atom is -0.312 e. The summed E-state index contributed by atoms with van der Waals surface area (Å²) in [7, 11) is 0. The van der Waals surface area contributed by atoms with E-state index in [1.165, 1.54) is 31.0 Å². The molecule has 0 bridgehead atoms. The van der Waals surface area contributed by atoms with Gasteiger partial charge in [-0.25, -0.2) is 8.78 Å². The van der Waals surface area contributed by atoms with Crippen LogP contribution in [0.15, 0.2) is 18.2 Å². The molecule has 3 rings (SSSR count). The Morgan fingerprint density at radius 1 is 1.16 bits per heavy atom. The van der Waals surface area contributed by atoms with Crippen molar-refractivity contribution in [1.82, 2.24) is 10.2 Å². The maximum Gasteiger partial charge on any atom is 0.130 e. The van der Waals surface area contributed by atoms with E-state index in [1.807, 2.05) is 0 Å². The summed E-state index contributed by atoms with van der Waals surface area (Å²) in [4.78, 5) is 2.24. The van der Waals surface area contributed by atoms with Crippen LogP contribution in [0.25, 0.3) is 0 Å². The Labute approximate surface area is 112 Å². The summed E-state index contributed by atoms with van der Waals surface area (Å²) in [6.07, 6.45) is 4.65. The number of hydrogen-bond acceptors (Lipinski definition) is 2. The van der Waals surface area contributed by atoms with Crippen LogP contribution < -0.4 is 5.32 Å². The van der Waals surface area contributed by atoms with E-state index in [9.17, 15) is 8.78 Å². The van der Waals surface area contributed by atoms with E-state index in [-0.39, 0.29) is 5.56 Å². The predicted octanol–water partition coefficient (Wildman–Crippen LogP) is 2.68. The Hall–Kier alpha value is -1.00. The second-order valence-corrected chi connectivity index (χ2v) is 5.58. The fourth-order valence-corrected chi connectivity index (χ4v) is 3.43. The maximum atomic E-state index is 13.7. The molecule has 2 aliphatic rings. The van der Waals surface area contributed by atoms with E-state index in [1.54, 1.807) is 0 Å². The lowest BCUT2D eigenvalue weighted by Gasteiger charge is -2.29. The highest BCUT2D eigenvalue weighted by atomic mass is 19.1. The molecule has 4 heteroatoms. The monoisotopic (exact) mass is 266 g/mol. The number of benzene rings is 1. The van der Waals surface area contributed by atoms with Gasteiger partial charge in [0.25, 0.3) is 0 Å². The second kappa shape index (κ2) is 5.55. The molecule has 1 aromatic carbocycles. The van der Waals surface area contributed by atoms with Crippen molar-refractivity contribution in [3.63, 3.8) is 0 Å². The smallest absolute Gasteiger partial charge is 0.130 e. The lowest BCUT2D eigenvalue weighted by Crippen LogP contribution is -2.43. The number of nitrogens with one attached hydrogen (secondary N) is 1. The zero-order chi connectivity index (χ0) is 13.2. The van der Waals surface area contributed by atoms with Gasteiger partial charge in [0.15, 0.2) is 0 Å². The van der Waals surface area contributed by atoms with Crippen molar-refractivity contribution in [2.75, 3.05) is 13.1 Å². The van der Waals surface area contributed by atoms with Crippen LogP contribution in [0.3, 0.4) is 0 Å². The molecule has 0 aliphatic carbocycles. The maximum absolute atomic E-state index is 13.7. The summed E-state index contributed by atoms with van der Waals surface area (Å²) in [5, 5.41) is 3.51. The SMILES string of the molecule is Fc1cccc(F)c1CN1CCCC1C1CCCN1. The topological polar surface area (TPSA) is 15.3 Å². The number of halogens is 2. The molecule has 19 heavy (non-hydrogen) atoms. The van der Waals surface area contributed by atoms with Crippen molar-refractivity contribution in [2.24, 2.45) is 0 Å². The molecular weight excluding hydrogens is 246 g/mol. The summed E-state index contributed by atoms with van der Waals surface area (Å²) in [5.74, 6) is -0.852. The molecule has 0 saturated carbocycles. The van der Waals surface area contributed by atoms with Gasteiger partial charge in [0.05, 0.1) is 0 Å². The molecule has 0 amide bonds. The fourth-order valence-electron chi connectivity index (χ4n) is 3.43. The van der Waals surface area contributed by atoms with Crippen LogP contribution in [0, 0.1) is 11.6 Å². The van der Waals surface area contributed by atoms with Gasteiger partial charge in [-0.05, 0) is 50.9 Å². The van der Waals surface area contributed by atoms with E-state index in [0.717, 1.165) is 25.9 Å². The van der Waals surface area contributed by atoms with Crippen molar-refractivity contribution in [1.29, 1.82) is 0 Å². The number of nitrogens with zero attached hydrogens (tertiary/aromatic N) is 1. The van der Waals surface area contributed by atoms with Gasteiger partial charge in [-0.2, -0.15) is 0 Å². The van der Waals surface area contributed by atoms with Gasteiger partial charge in [0.1, 0.15) is 11.6 Å². The Bertz CT molecular complexity index is 424. The third kappa shape index (κ3) is 2.65. The quantitative estimate of drug-likeness (QED) is 0.905. The molecule has 2 aliphatic heterocycles. The van der Waals surface area contributed by atoms with Gasteiger partial charge >= 0.3 is 0 Å². The zero-order valence-corrected chi connectivity index (χ0v) is 11.0. The Morgan fingerprint density at radius 2 is 1.95 bits per heavy atom. The first-order valence-electron chi connectivity index (χ1n) is 7.16. The molecule has 1 aromatic rings. The molecule has 1 N–H and O–H groups in total. The van der Waals surface area contributed by atoms with E-state index in [0.29, 0.717) is 18.6 Å². The predicted molar refractivity (Wildman–Crippen MR) is 70.8 cm³/mol. The molecule has 2 heterocycles. The summed E-state index contributed by atoms with van der Waals surface area (Å²) < 4.78 is 27.5. The van der Waals surface area contributed by atoms with Crippen LogP contribution in [-0.2, 0) is 6.54 Å². The van der Waals surface area contributed by atoms with Crippen molar-refractivity contribution in [3.8, 4) is 0 Å². The van der Waals surface area contributed by atoms with Gasteiger partial charge < -0.3 is 5.32 Å². The van der Waals surface area contributed by atoms with Gasteiger partial charge in [0, 0.05) is 24.2 Å². The summed E-state index contributed by atoms with van der Waals surface area (Å²) >= 11 is 0. The first-order valence-corrected chi connectivity index (χ1v) is 7.16. The van der Waals surface area contributed by atoms with Crippen molar-refractivity contribution in [3.05, 3.63) is 35.4 Å². The average Bonchev–Trinajstić information content (AvgIpc) is 3.04. The molecule has 104 valence electrons. The summed E-state index contributed by atoms with van der Waals surface area (Å²) in [6.45, 7) is 2.40. The Kier molecular flexibility index (Phi) is 3.80. The number of likely N-dealkylation sites (tertiary alicyclic amines) is 1. The third-order valence-corrected chi connectivity index (χ3v) is 4.40. The minimum absolute atomic E-state index is 0.215. The Morgan fingerprint density at radius 3 is 2.63 bits per heavy atom. The molecular formula is C15H20F2N2. The lowest BCUT2D eigenvalue weighted by atomic mass is 10.0. The van der Waals surface area contributed by atoms with E-state index < -0.39 is 11.6 Å². The zero-order valence-electron chi connectivity index (χ0n) is 11.0. The highest BCUT2D eigenvalue weighted by Gasteiger charge is 2.33. The minimum atomic E-state index is -0.426. The van der Waals surface area contributed by atoms with Crippen LogP contribution in [0.5, 0.6) is 0 Å². The van der Waals surface area contributed by atoms with Gasteiger partial charge in [-0.1, -0.05) is 6.07 Å². The number of hydrogen-bond donors (Lipinski definition) is 1. The van der Waals surface area contributed by atoms with E-state index >= 15 is 0 Å². The van der Waals surface area contributed by atoms with Gasteiger partial charge in [0.2, 0.25) is 0 Å². The van der Waals surface area contributed by atoms with Crippen molar-refractivity contribution in [2.45, 2.75) is 44.3 Å². The van der Waals surface area contributed by atoms with E-state index in [4.69, 9.17) is 0 Å². The molecule has 2 fully saturated rings. The van der Waals surface area contributed by atoms with Crippen LogP contribution in [0.2, 0.25) is 0 Å². The summed E-state index contributed by atoms with van der Waals surface area (Å²) in [5.41, 5.74) is 0.215. The first kappa shape index (κ1) is 13.0. The molecule has 2 atom stereocenters. The largest absolute Gasteiger partial charge is 0.312 e. The third-order valence-electron chi connectivity index (χ3n) is 4.40. The second-order valence-electron chi connectivity index (χ2n) is 5.58. The highest BCUT2D eigenvalue weighted by Crippen LogP contribution is 2.27. The molecule has 0 aromatic heterocycles. The van der Waals surface area contributed by atoms with Crippen LogP contribution >= 0.6 is 0 Å². The standard InChI is InChI=1S/C15H20F2N2/c16-12-4-1-5-13(17)11(12)10-19-9-3-7-15(19)14-6-2-8-18-14/h1,4-5,14-15,18H,2-3,6-10H2. The molecule has 2 unspecified atom stereocenters. The van der Waals surface area contributed by atoms with Crippen molar-refractivity contribution >= 4 is 0 Å². The molecule has 2 saturated heterocycles.